The topological polar surface area (TPSA) is 54.9 Å². The van der Waals surface area contributed by atoms with Crippen molar-refractivity contribution in [1.82, 2.24) is 15.3 Å². The molecule has 0 spiro atoms. The second-order valence-electron chi connectivity index (χ2n) is 3.82. The molecule has 0 aromatic carbocycles. The molecule has 1 N–H and O–H groups in total. The zero-order chi connectivity index (χ0) is 11.4. The van der Waals surface area contributed by atoms with E-state index >= 15 is 0 Å². The van der Waals surface area contributed by atoms with Crippen LogP contribution in [-0.4, -0.2) is 32.5 Å². The summed E-state index contributed by atoms with van der Waals surface area (Å²) in [5.74, 6) is 0.605. The summed E-state index contributed by atoms with van der Waals surface area (Å²) in [5, 5.41) is 4.04. The lowest BCUT2D eigenvalue weighted by Crippen LogP contribution is -2.38. The SMILES string of the molecule is O=[S@](C[C@H]1CCCCN1)c1ccnc(Cl)n1. The van der Waals surface area contributed by atoms with Crippen molar-refractivity contribution < 1.29 is 4.21 Å². The number of aromatic nitrogens is 2. The highest BCUT2D eigenvalue weighted by molar-refractivity contribution is 7.85. The first-order chi connectivity index (χ1) is 7.75. The summed E-state index contributed by atoms with van der Waals surface area (Å²) in [6.45, 7) is 1.02. The third kappa shape index (κ3) is 3.23. The van der Waals surface area contributed by atoms with Gasteiger partial charge in [0.05, 0.1) is 10.8 Å². The molecule has 2 atom stereocenters. The number of nitrogens with zero attached hydrogens (tertiary/aromatic N) is 2. The van der Waals surface area contributed by atoms with E-state index in [1.54, 1.807) is 6.07 Å². The highest BCUT2D eigenvalue weighted by Gasteiger charge is 2.17. The van der Waals surface area contributed by atoms with Crippen molar-refractivity contribution in [3.63, 3.8) is 0 Å². The minimum Gasteiger partial charge on any atom is -0.313 e. The Hall–Kier alpha value is -0.520. The van der Waals surface area contributed by atoms with Gasteiger partial charge in [0.2, 0.25) is 5.28 Å². The van der Waals surface area contributed by atoms with Gasteiger partial charge in [-0.1, -0.05) is 6.42 Å². The van der Waals surface area contributed by atoms with Crippen LogP contribution in [0.15, 0.2) is 17.3 Å². The Balaban J connectivity index is 1.97. The van der Waals surface area contributed by atoms with Crippen LogP contribution in [0.1, 0.15) is 19.3 Å². The maximum Gasteiger partial charge on any atom is 0.223 e. The third-order valence-corrected chi connectivity index (χ3v) is 4.18. The minimum atomic E-state index is -1.09. The summed E-state index contributed by atoms with van der Waals surface area (Å²) in [5.41, 5.74) is 0. The first-order valence-corrected chi connectivity index (χ1v) is 7.06. The van der Waals surface area contributed by atoms with Crippen LogP contribution < -0.4 is 5.32 Å². The fourth-order valence-corrected chi connectivity index (χ4v) is 3.20. The standard InChI is InChI=1S/C10H14ClN3OS/c11-10-13-6-4-9(14-10)16(15)7-8-3-1-2-5-12-8/h4,6,8,12H,1-3,5,7H2/t8-,16-/m1/s1. The average Bonchev–Trinajstić information content (AvgIpc) is 2.30. The molecule has 1 aromatic heterocycles. The lowest BCUT2D eigenvalue weighted by Gasteiger charge is -2.22. The molecule has 1 aliphatic rings. The van der Waals surface area contributed by atoms with Crippen LogP contribution in [0.2, 0.25) is 5.28 Å². The van der Waals surface area contributed by atoms with Crippen LogP contribution >= 0.6 is 11.6 Å². The molecule has 0 radical (unpaired) electrons. The molecule has 1 aromatic rings. The van der Waals surface area contributed by atoms with Gasteiger partial charge in [0, 0.05) is 18.0 Å². The molecule has 1 saturated heterocycles. The van der Waals surface area contributed by atoms with Crippen molar-refractivity contribution in [2.45, 2.75) is 30.3 Å². The number of piperidine rings is 1. The predicted octanol–water partition coefficient (Wildman–Crippen LogP) is 1.38. The molecular formula is C10H14ClN3OS. The predicted molar refractivity (Wildman–Crippen MR) is 64.0 cm³/mol. The molecule has 88 valence electrons. The van der Waals surface area contributed by atoms with Crippen LogP contribution in [0.3, 0.4) is 0 Å². The van der Waals surface area contributed by atoms with Crippen LogP contribution in [0.4, 0.5) is 0 Å². The molecular weight excluding hydrogens is 246 g/mol. The maximum absolute atomic E-state index is 12.0. The summed E-state index contributed by atoms with van der Waals surface area (Å²) in [4.78, 5) is 7.74. The van der Waals surface area contributed by atoms with Gasteiger partial charge in [-0.05, 0) is 37.1 Å². The van der Waals surface area contributed by atoms with Gasteiger partial charge in [0.1, 0.15) is 5.03 Å². The Kier molecular flexibility index (Phi) is 4.26. The molecule has 2 rings (SSSR count). The summed E-state index contributed by atoms with van der Waals surface area (Å²) in [6.07, 6.45) is 5.04. The average molecular weight is 260 g/mol. The number of hydrogen-bond donors (Lipinski definition) is 1. The number of rotatable bonds is 3. The van der Waals surface area contributed by atoms with Gasteiger partial charge in [-0.3, -0.25) is 4.21 Å². The molecule has 6 heteroatoms. The molecule has 0 saturated carbocycles. The van der Waals surface area contributed by atoms with Crippen LogP contribution in [0, 0.1) is 0 Å². The van der Waals surface area contributed by atoms with Crippen molar-refractivity contribution in [1.29, 1.82) is 0 Å². The largest absolute Gasteiger partial charge is 0.313 e. The van der Waals surface area contributed by atoms with Gasteiger partial charge in [-0.15, -0.1) is 0 Å². The van der Waals surface area contributed by atoms with Crippen molar-refractivity contribution >= 4 is 22.4 Å². The van der Waals surface area contributed by atoms with E-state index in [-0.39, 0.29) is 5.28 Å². The van der Waals surface area contributed by atoms with Crippen LogP contribution in [-0.2, 0) is 10.8 Å². The number of nitrogens with one attached hydrogen (secondary N) is 1. The molecule has 0 aliphatic carbocycles. The van der Waals surface area contributed by atoms with Gasteiger partial charge in [0.25, 0.3) is 0 Å². The summed E-state index contributed by atoms with van der Waals surface area (Å²) >= 11 is 5.66. The van der Waals surface area contributed by atoms with Crippen molar-refractivity contribution in [2.75, 3.05) is 12.3 Å². The highest BCUT2D eigenvalue weighted by Crippen LogP contribution is 2.12. The normalized spacial score (nSPS) is 22.9. The van der Waals surface area contributed by atoms with Crippen molar-refractivity contribution in [3.8, 4) is 0 Å². The second-order valence-corrected chi connectivity index (χ2v) is 5.60. The summed E-state index contributed by atoms with van der Waals surface area (Å²) < 4.78 is 12.0. The van der Waals surface area contributed by atoms with Gasteiger partial charge >= 0.3 is 0 Å². The molecule has 1 fully saturated rings. The fourth-order valence-electron chi connectivity index (χ4n) is 1.78. The van der Waals surface area contributed by atoms with E-state index in [4.69, 9.17) is 11.6 Å². The smallest absolute Gasteiger partial charge is 0.223 e. The third-order valence-electron chi connectivity index (χ3n) is 2.60. The molecule has 4 nitrogen and oxygen atoms in total. The van der Waals surface area contributed by atoms with E-state index in [2.05, 4.69) is 15.3 Å². The van der Waals surface area contributed by atoms with E-state index in [9.17, 15) is 4.21 Å². The van der Waals surface area contributed by atoms with Gasteiger partial charge in [-0.25, -0.2) is 9.97 Å². The Morgan fingerprint density at radius 1 is 1.56 bits per heavy atom. The van der Waals surface area contributed by atoms with E-state index in [0.29, 0.717) is 16.8 Å². The first-order valence-electron chi connectivity index (χ1n) is 5.36. The molecule has 0 unspecified atom stereocenters. The second kappa shape index (κ2) is 5.70. The van der Waals surface area contributed by atoms with Gasteiger partial charge in [-0.2, -0.15) is 0 Å². The zero-order valence-corrected chi connectivity index (χ0v) is 10.4. The Labute approximate surface area is 102 Å². The number of hydrogen-bond acceptors (Lipinski definition) is 4. The molecule has 0 bridgehead atoms. The lowest BCUT2D eigenvalue weighted by molar-refractivity contribution is 0.427. The Morgan fingerprint density at radius 3 is 3.12 bits per heavy atom. The molecule has 0 amide bonds. The van der Waals surface area contributed by atoms with Crippen LogP contribution in [0.25, 0.3) is 0 Å². The van der Waals surface area contributed by atoms with Gasteiger partial charge < -0.3 is 5.32 Å². The van der Waals surface area contributed by atoms with E-state index in [1.807, 2.05) is 0 Å². The Morgan fingerprint density at radius 2 is 2.44 bits per heavy atom. The van der Waals surface area contributed by atoms with Crippen LogP contribution in [0.5, 0.6) is 0 Å². The quantitative estimate of drug-likeness (QED) is 0.658. The molecule has 16 heavy (non-hydrogen) atoms. The fraction of sp³-hybridized carbons (Fsp3) is 0.600. The summed E-state index contributed by atoms with van der Waals surface area (Å²) in [7, 11) is -1.09. The maximum atomic E-state index is 12.0. The van der Waals surface area contributed by atoms with E-state index in [1.165, 1.54) is 19.0 Å². The molecule has 2 heterocycles. The lowest BCUT2D eigenvalue weighted by atomic mass is 10.1. The van der Waals surface area contributed by atoms with E-state index in [0.717, 1.165) is 13.0 Å². The first kappa shape index (κ1) is 12.0. The van der Waals surface area contributed by atoms with Crippen molar-refractivity contribution in [3.05, 3.63) is 17.5 Å². The van der Waals surface area contributed by atoms with E-state index < -0.39 is 10.8 Å². The van der Waals surface area contributed by atoms with Crippen molar-refractivity contribution in [2.24, 2.45) is 0 Å². The summed E-state index contributed by atoms with van der Waals surface area (Å²) in [6, 6.07) is 1.99. The zero-order valence-electron chi connectivity index (χ0n) is 8.86. The molecule has 1 aliphatic heterocycles. The number of halogens is 1. The minimum absolute atomic E-state index is 0.155. The Bertz CT molecular complexity index is 382. The highest BCUT2D eigenvalue weighted by atomic mass is 35.5. The monoisotopic (exact) mass is 259 g/mol. The van der Waals surface area contributed by atoms with Gasteiger partial charge in [0.15, 0.2) is 0 Å².